The third-order valence-electron chi connectivity index (χ3n) is 5.25. The number of fused-ring (bicyclic) bond motifs is 2. The number of benzene rings is 3. The predicted molar refractivity (Wildman–Crippen MR) is 133 cm³/mol. The molecule has 0 aliphatic carbocycles. The minimum Gasteiger partial charge on any atom is -0.497 e. The van der Waals surface area contributed by atoms with Crippen LogP contribution in [0.5, 0.6) is 11.5 Å². The zero-order chi connectivity index (χ0) is 25.3. The summed E-state index contributed by atoms with van der Waals surface area (Å²) in [5.74, 6) is 0.665. The summed E-state index contributed by atoms with van der Waals surface area (Å²) in [4.78, 5) is 28.5. The smallest absolute Gasteiger partial charge is 0.262 e. The SMILES string of the molecule is COc1ccc(NS(=O)(=O)c2ccc3oc(SCC(=O)c4ccc5c(c4)NC(=O)CO5)nc3c2)cc1. The maximum Gasteiger partial charge on any atom is 0.262 e. The molecule has 36 heavy (non-hydrogen) atoms. The van der Waals surface area contributed by atoms with Crippen molar-refractivity contribution in [3.05, 3.63) is 66.2 Å². The number of ether oxygens (including phenoxy) is 2. The van der Waals surface area contributed by atoms with Crippen molar-refractivity contribution < 1.29 is 31.9 Å². The van der Waals surface area contributed by atoms with Crippen molar-refractivity contribution >= 4 is 56.0 Å². The Morgan fingerprint density at radius 3 is 2.72 bits per heavy atom. The highest BCUT2D eigenvalue weighted by atomic mass is 32.2. The molecule has 184 valence electrons. The third kappa shape index (κ3) is 4.99. The van der Waals surface area contributed by atoms with Crippen molar-refractivity contribution in [2.45, 2.75) is 10.1 Å². The van der Waals surface area contributed by atoms with Crippen LogP contribution in [0, 0.1) is 0 Å². The Morgan fingerprint density at radius 2 is 1.94 bits per heavy atom. The number of carbonyl (C=O) groups excluding carboxylic acids is 2. The van der Waals surface area contributed by atoms with Gasteiger partial charge in [0, 0.05) is 11.3 Å². The lowest BCUT2D eigenvalue weighted by Crippen LogP contribution is -2.25. The Balaban J connectivity index is 1.28. The van der Waals surface area contributed by atoms with E-state index in [1.165, 1.54) is 25.3 Å². The van der Waals surface area contributed by atoms with Crippen molar-refractivity contribution in [1.29, 1.82) is 0 Å². The van der Waals surface area contributed by atoms with Gasteiger partial charge in [-0.05, 0) is 60.7 Å². The molecule has 10 nitrogen and oxygen atoms in total. The van der Waals surface area contributed by atoms with Crippen molar-refractivity contribution in [1.82, 2.24) is 4.98 Å². The average molecular weight is 526 g/mol. The molecular weight excluding hydrogens is 506 g/mol. The van der Waals surface area contributed by atoms with Crippen LogP contribution in [0.2, 0.25) is 0 Å². The number of hydrogen-bond donors (Lipinski definition) is 2. The maximum atomic E-state index is 12.8. The molecule has 1 aliphatic rings. The summed E-state index contributed by atoms with van der Waals surface area (Å²) >= 11 is 1.08. The standard InChI is InChI=1S/C24H19N3O7S2/c1-32-16-5-3-15(4-6-16)27-36(30,31)17-7-9-22-19(11-17)26-24(34-22)35-13-20(28)14-2-8-21-18(10-14)25-23(29)12-33-21/h2-11,27H,12-13H2,1H3,(H,25,29). The first kappa shape index (κ1) is 23.7. The molecule has 0 spiro atoms. The second kappa shape index (κ2) is 9.55. The van der Waals surface area contributed by atoms with Gasteiger partial charge in [0.25, 0.3) is 21.2 Å². The first-order valence-electron chi connectivity index (χ1n) is 10.6. The van der Waals surface area contributed by atoms with Gasteiger partial charge in [0.1, 0.15) is 17.0 Å². The van der Waals surface area contributed by atoms with Crippen LogP contribution in [0.3, 0.4) is 0 Å². The van der Waals surface area contributed by atoms with Crippen molar-refractivity contribution in [3.63, 3.8) is 0 Å². The van der Waals surface area contributed by atoms with Gasteiger partial charge in [0.15, 0.2) is 18.0 Å². The zero-order valence-electron chi connectivity index (χ0n) is 18.8. The topological polar surface area (TPSA) is 137 Å². The molecule has 2 heterocycles. The predicted octanol–water partition coefficient (Wildman–Crippen LogP) is 3.94. The minimum absolute atomic E-state index is 0.0186. The number of anilines is 2. The summed E-state index contributed by atoms with van der Waals surface area (Å²) in [6, 6.07) is 15.7. The van der Waals surface area contributed by atoms with Crippen LogP contribution in [0.4, 0.5) is 11.4 Å². The molecule has 0 fully saturated rings. The van der Waals surface area contributed by atoms with Crippen LogP contribution < -0.4 is 19.5 Å². The molecule has 3 aromatic carbocycles. The van der Waals surface area contributed by atoms with E-state index in [4.69, 9.17) is 13.9 Å². The molecule has 1 aromatic heterocycles. The van der Waals surface area contributed by atoms with Crippen molar-refractivity contribution in [2.75, 3.05) is 29.5 Å². The first-order valence-corrected chi connectivity index (χ1v) is 13.1. The van der Waals surface area contributed by atoms with Crippen LogP contribution in [-0.2, 0) is 14.8 Å². The van der Waals surface area contributed by atoms with E-state index in [-0.39, 0.29) is 34.2 Å². The number of nitrogens with one attached hydrogen (secondary N) is 2. The molecule has 0 unspecified atom stereocenters. The second-order valence-corrected chi connectivity index (χ2v) is 10.3. The lowest BCUT2D eigenvalue weighted by Gasteiger charge is -2.18. The van der Waals surface area contributed by atoms with E-state index in [0.717, 1.165) is 11.8 Å². The molecule has 12 heteroatoms. The Morgan fingerprint density at radius 1 is 1.14 bits per heavy atom. The van der Waals surface area contributed by atoms with E-state index in [2.05, 4.69) is 15.0 Å². The number of carbonyl (C=O) groups is 2. The number of nitrogens with zero attached hydrogens (tertiary/aromatic N) is 1. The van der Waals surface area contributed by atoms with Gasteiger partial charge >= 0.3 is 0 Å². The molecule has 1 amide bonds. The largest absolute Gasteiger partial charge is 0.497 e. The summed E-state index contributed by atoms with van der Waals surface area (Å²) in [5, 5.41) is 2.90. The summed E-state index contributed by atoms with van der Waals surface area (Å²) in [6.07, 6.45) is 0. The van der Waals surface area contributed by atoms with E-state index in [0.29, 0.717) is 39.5 Å². The van der Waals surface area contributed by atoms with Gasteiger partial charge in [-0.15, -0.1) is 0 Å². The number of hydrogen-bond acceptors (Lipinski definition) is 9. The van der Waals surface area contributed by atoms with Crippen LogP contribution in [-0.4, -0.2) is 44.6 Å². The van der Waals surface area contributed by atoms with E-state index >= 15 is 0 Å². The molecule has 2 N–H and O–H groups in total. The highest BCUT2D eigenvalue weighted by Crippen LogP contribution is 2.30. The van der Waals surface area contributed by atoms with Crippen LogP contribution in [0.1, 0.15) is 10.4 Å². The van der Waals surface area contributed by atoms with Gasteiger partial charge in [-0.25, -0.2) is 13.4 Å². The Kier molecular flexibility index (Phi) is 6.29. The van der Waals surface area contributed by atoms with Gasteiger partial charge < -0.3 is 19.2 Å². The summed E-state index contributed by atoms with van der Waals surface area (Å²) < 4.78 is 44.2. The Labute approximate surface area is 210 Å². The summed E-state index contributed by atoms with van der Waals surface area (Å²) in [6.45, 7) is -0.0611. The molecule has 5 rings (SSSR count). The van der Waals surface area contributed by atoms with Gasteiger partial charge in [-0.3, -0.25) is 14.3 Å². The Bertz CT molecular complexity index is 1580. The number of oxazole rings is 1. The van der Waals surface area contributed by atoms with E-state index in [1.807, 2.05) is 0 Å². The first-order chi connectivity index (χ1) is 17.3. The van der Waals surface area contributed by atoms with E-state index in [9.17, 15) is 18.0 Å². The van der Waals surface area contributed by atoms with Crippen molar-refractivity contribution in [3.8, 4) is 11.5 Å². The van der Waals surface area contributed by atoms with E-state index in [1.54, 1.807) is 42.5 Å². The molecule has 0 radical (unpaired) electrons. The lowest BCUT2D eigenvalue weighted by molar-refractivity contribution is -0.118. The lowest BCUT2D eigenvalue weighted by atomic mass is 10.1. The highest BCUT2D eigenvalue weighted by molar-refractivity contribution is 7.99. The number of rotatable bonds is 8. The third-order valence-corrected chi connectivity index (χ3v) is 7.46. The average Bonchev–Trinajstić information content (AvgIpc) is 3.29. The molecular formula is C24H19N3O7S2. The summed E-state index contributed by atoms with van der Waals surface area (Å²) in [5.41, 5.74) is 1.97. The van der Waals surface area contributed by atoms with Gasteiger partial charge in [0.05, 0.1) is 23.4 Å². The number of amides is 1. The molecule has 0 saturated heterocycles. The van der Waals surface area contributed by atoms with E-state index < -0.39 is 10.0 Å². The summed E-state index contributed by atoms with van der Waals surface area (Å²) in [7, 11) is -2.34. The van der Waals surface area contributed by atoms with Crippen LogP contribution in [0.15, 0.2) is 75.2 Å². The van der Waals surface area contributed by atoms with Gasteiger partial charge in [-0.1, -0.05) is 11.8 Å². The number of aromatic nitrogens is 1. The van der Waals surface area contributed by atoms with Crippen LogP contribution >= 0.6 is 11.8 Å². The Hall–Kier alpha value is -4.03. The fourth-order valence-electron chi connectivity index (χ4n) is 3.46. The molecule has 0 saturated carbocycles. The zero-order valence-corrected chi connectivity index (χ0v) is 20.4. The monoisotopic (exact) mass is 525 g/mol. The molecule has 0 bridgehead atoms. The van der Waals surface area contributed by atoms with Gasteiger partial charge in [0.2, 0.25) is 0 Å². The number of methoxy groups -OCH3 is 1. The quantitative estimate of drug-likeness (QED) is 0.259. The fourth-order valence-corrected chi connectivity index (χ4v) is 5.27. The number of ketones is 1. The maximum absolute atomic E-state index is 12.8. The fraction of sp³-hybridized carbons (Fsp3) is 0.125. The minimum atomic E-state index is -3.86. The second-order valence-electron chi connectivity index (χ2n) is 7.70. The molecule has 0 atom stereocenters. The highest BCUT2D eigenvalue weighted by Gasteiger charge is 2.20. The number of Topliss-reactive ketones (excluding diaryl/α,β-unsaturated/α-hetero) is 1. The normalized spacial score (nSPS) is 13.0. The molecule has 4 aromatic rings. The number of thioether (sulfide) groups is 1. The number of sulfonamides is 1. The van der Waals surface area contributed by atoms with Gasteiger partial charge in [-0.2, -0.15) is 0 Å². The van der Waals surface area contributed by atoms with Crippen molar-refractivity contribution in [2.24, 2.45) is 0 Å². The molecule has 1 aliphatic heterocycles. The van der Waals surface area contributed by atoms with Crippen LogP contribution in [0.25, 0.3) is 11.1 Å².